The van der Waals surface area contributed by atoms with Crippen LogP contribution < -0.4 is 18.9 Å². The molecule has 0 saturated carbocycles. The molecule has 10 rings (SSSR count). The molecule has 0 amide bonds. The van der Waals surface area contributed by atoms with E-state index in [-0.39, 0.29) is 12.8 Å². The molecule has 4 heterocycles. The number of benzene rings is 6. The summed E-state index contributed by atoms with van der Waals surface area (Å²) in [5.41, 5.74) is 8.76. The summed E-state index contributed by atoms with van der Waals surface area (Å²) in [6.45, 7) is 2.39. The van der Waals surface area contributed by atoms with Gasteiger partial charge >= 0.3 is 0 Å². The standard InChI is InChI=1S/C56H52Cl2N4O6S6/c57-43-21-25-51-47(35-43)61(29-13-31-73(63,64)65)55(71-51)37-53-59(45-33-41(19-23-49(45)69-53)39-15-7-5-8-16-39)27-11-3-1-2-4-12-28-60-46-34-42(40-17-9-6-10-18-40)20-24-50(46)70-54(60)38-56-62(30-14-32-74(66,67)68)48-36-44(58)22-26-52(48)72-56/h5-10,15-26,33-38H,1-4,11-14,27-32H2. The van der Waals surface area contributed by atoms with Gasteiger partial charge in [0.25, 0.3) is 10.0 Å². The van der Waals surface area contributed by atoms with Gasteiger partial charge < -0.3 is 18.9 Å². The number of thiazole rings is 2. The van der Waals surface area contributed by atoms with Crippen molar-refractivity contribution in [1.29, 1.82) is 0 Å². The molecule has 0 fully saturated rings. The summed E-state index contributed by atoms with van der Waals surface area (Å²) >= 11 is 19.7. The van der Waals surface area contributed by atoms with Crippen LogP contribution in [0.15, 0.2) is 153 Å². The van der Waals surface area contributed by atoms with Crippen molar-refractivity contribution in [1.82, 2.24) is 0 Å². The highest BCUT2D eigenvalue weighted by Crippen LogP contribution is 2.49. The SMILES string of the molecule is O=S(=O)([O-])CCCN1C(=Cc2sc3ccc(-c4ccccc4)cc3[n+]2CCCCCCCC[n+]2c(C=C3Sc4ccc(Cl)cc4N3CCCS(=O)(=O)[O-])sc3ccc(-c4ccccc4)cc32)Sc2ccc(Cl)cc21. The Morgan fingerprint density at radius 2 is 0.878 bits per heavy atom. The molecule has 0 saturated heterocycles. The van der Waals surface area contributed by atoms with E-state index >= 15 is 0 Å². The van der Waals surface area contributed by atoms with Gasteiger partial charge in [-0.2, -0.15) is 9.13 Å². The van der Waals surface area contributed by atoms with Gasteiger partial charge in [0.15, 0.2) is 13.1 Å². The first-order chi connectivity index (χ1) is 35.7. The Bertz CT molecular complexity index is 3410. The van der Waals surface area contributed by atoms with Gasteiger partial charge in [0.2, 0.25) is 11.0 Å². The highest BCUT2D eigenvalue weighted by atomic mass is 35.5. The molecule has 8 aromatic rings. The topological polar surface area (TPSA) is 129 Å². The first-order valence-electron chi connectivity index (χ1n) is 24.6. The van der Waals surface area contributed by atoms with Crippen LogP contribution in [0.25, 0.3) is 54.8 Å². The Morgan fingerprint density at radius 1 is 0.473 bits per heavy atom. The van der Waals surface area contributed by atoms with Crippen LogP contribution in [0.4, 0.5) is 11.4 Å². The molecule has 2 aliphatic heterocycles. The second-order valence-corrected chi connectivity index (χ2v) is 26.5. The molecule has 74 heavy (non-hydrogen) atoms. The van der Waals surface area contributed by atoms with E-state index in [0.717, 1.165) is 115 Å². The number of nitrogens with zero attached hydrogens (tertiary/aromatic N) is 4. The lowest BCUT2D eigenvalue weighted by Gasteiger charge is -2.20. The van der Waals surface area contributed by atoms with Crippen molar-refractivity contribution in [3.05, 3.63) is 164 Å². The van der Waals surface area contributed by atoms with Crippen LogP contribution in [-0.2, 0) is 33.3 Å². The van der Waals surface area contributed by atoms with Gasteiger partial charge in [0, 0.05) is 69.4 Å². The average molecular weight is 1140 g/mol. The molecule has 382 valence electrons. The predicted octanol–water partition coefficient (Wildman–Crippen LogP) is 14.1. The lowest BCUT2D eigenvalue weighted by atomic mass is 10.1. The summed E-state index contributed by atoms with van der Waals surface area (Å²) in [4.78, 5) is 6.24. The number of aromatic nitrogens is 2. The molecule has 0 unspecified atom stereocenters. The molecular formula is C56H52Cl2N4O6S6. The number of aryl methyl sites for hydroxylation is 2. The molecule has 6 aromatic carbocycles. The first kappa shape index (κ1) is 52.7. The third kappa shape index (κ3) is 12.7. The molecule has 18 heteroatoms. The molecule has 0 N–H and O–H groups in total. The molecule has 10 nitrogen and oxygen atoms in total. The van der Waals surface area contributed by atoms with Gasteiger partial charge in [-0.15, -0.1) is 0 Å². The third-order valence-electron chi connectivity index (χ3n) is 13.1. The average Bonchev–Trinajstić information content (AvgIpc) is 4.11. The Kier molecular flexibility index (Phi) is 16.6. The molecule has 2 aromatic heterocycles. The number of hydrogen-bond donors (Lipinski definition) is 0. The van der Waals surface area contributed by atoms with Crippen molar-refractivity contribution in [2.45, 2.75) is 74.2 Å². The van der Waals surface area contributed by atoms with Crippen molar-refractivity contribution >= 4 is 134 Å². The van der Waals surface area contributed by atoms with E-state index in [1.54, 1.807) is 46.2 Å². The number of halogens is 2. The summed E-state index contributed by atoms with van der Waals surface area (Å²) < 4.78 is 76.9. The van der Waals surface area contributed by atoms with Crippen molar-refractivity contribution in [2.24, 2.45) is 0 Å². The third-order valence-corrected chi connectivity index (χ3v) is 19.6. The molecule has 0 aliphatic carbocycles. The highest BCUT2D eigenvalue weighted by Gasteiger charge is 2.31. The van der Waals surface area contributed by atoms with Crippen LogP contribution in [0.5, 0.6) is 0 Å². The largest absolute Gasteiger partial charge is 0.748 e. The molecular weight excluding hydrogens is 1090 g/mol. The minimum atomic E-state index is -4.36. The Balaban J connectivity index is 0.858. The summed E-state index contributed by atoms with van der Waals surface area (Å²) in [5, 5.41) is 5.29. The number of hydrogen-bond acceptors (Lipinski definition) is 12. The van der Waals surface area contributed by atoms with E-state index in [1.807, 2.05) is 48.5 Å². The van der Waals surface area contributed by atoms with Gasteiger partial charge in [-0.3, -0.25) is 0 Å². The Hall–Kier alpha value is -4.72. The zero-order chi connectivity index (χ0) is 51.4. The maximum Gasteiger partial charge on any atom is 0.265 e. The zero-order valence-corrected chi connectivity index (χ0v) is 46.6. The van der Waals surface area contributed by atoms with Crippen LogP contribution in [0, 0.1) is 0 Å². The fourth-order valence-electron chi connectivity index (χ4n) is 9.58. The van der Waals surface area contributed by atoms with Crippen molar-refractivity contribution in [2.75, 3.05) is 34.4 Å². The fourth-order valence-corrected chi connectivity index (χ4v) is 15.4. The van der Waals surface area contributed by atoms with E-state index in [2.05, 4.69) is 116 Å². The summed E-state index contributed by atoms with van der Waals surface area (Å²) in [6.07, 6.45) is 11.1. The Morgan fingerprint density at radius 3 is 1.28 bits per heavy atom. The summed E-state index contributed by atoms with van der Waals surface area (Å²) in [7, 11) is -8.72. The van der Waals surface area contributed by atoms with Gasteiger partial charge in [0.05, 0.1) is 53.8 Å². The maximum absolute atomic E-state index is 11.6. The monoisotopic (exact) mass is 1140 g/mol. The molecule has 2 aliphatic rings. The van der Waals surface area contributed by atoms with E-state index in [9.17, 15) is 25.9 Å². The highest BCUT2D eigenvalue weighted by molar-refractivity contribution is 8.04. The van der Waals surface area contributed by atoms with Crippen molar-refractivity contribution in [3.63, 3.8) is 0 Å². The second kappa shape index (κ2) is 23.3. The second-order valence-electron chi connectivity index (χ2n) is 18.3. The lowest BCUT2D eigenvalue weighted by molar-refractivity contribution is -0.669. The number of rotatable bonds is 21. The predicted molar refractivity (Wildman–Crippen MR) is 306 cm³/mol. The first-order valence-corrected chi connectivity index (χ1v) is 31.7. The van der Waals surface area contributed by atoms with Gasteiger partial charge in [-0.1, -0.05) is 155 Å². The Labute approximate surface area is 459 Å². The van der Waals surface area contributed by atoms with Gasteiger partial charge in [-0.05, 0) is 96.5 Å². The van der Waals surface area contributed by atoms with E-state index < -0.39 is 31.7 Å². The normalized spacial score (nSPS) is 14.8. The number of anilines is 2. The van der Waals surface area contributed by atoms with Crippen molar-refractivity contribution in [3.8, 4) is 22.3 Å². The zero-order valence-electron chi connectivity index (χ0n) is 40.2. The van der Waals surface area contributed by atoms with E-state index in [1.165, 1.54) is 20.4 Å². The van der Waals surface area contributed by atoms with Crippen molar-refractivity contribution < 1.29 is 35.1 Å². The van der Waals surface area contributed by atoms with Crippen LogP contribution in [0.2, 0.25) is 10.0 Å². The van der Waals surface area contributed by atoms with Crippen LogP contribution in [0.3, 0.4) is 0 Å². The number of thioether (sulfide) groups is 2. The summed E-state index contributed by atoms with van der Waals surface area (Å²) in [5.74, 6) is -0.870. The molecule has 0 radical (unpaired) electrons. The van der Waals surface area contributed by atoms with Crippen LogP contribution in [-0.4, -0.2) is 50.5 Å². The van der Waals surface area contributed by atoms with Crippen LogP contribution >= 0.6 is 69.4 Å². The minimum Gasteiger partial charge on any atom is -0.748 e. The quantitative estimate of drug-likeness (QED) is 0.0390. The van der Waals surface area contributed by atoms with E-state index in [0.29, 0.717) is 23.1 Å². The summed E-state index contributed by atoms with van der Waals surface area (Å²) in [6, 6.07) is 45.7. The van der Waals surface area contributed by atoms with Crippen LogP contribution in [0.1, 0.15) is 61.4 Å². The smallest absolute Gasteiger partial charge is 0.265 e. The maximum atomic E-state index is 11.6. The van der Waals surface area contributed by atoms with Gasteiger partial charge in [-0.25, -0.2) is 16.8 Å². The molecule has 0 atom stereocenters. The lowest BCUT2D eigenvalue weighted by Crippen LogP contribution is -2.35. The van der Waals surface area contributed by atoms with Gasteiger partial charge in [0.1, 0.15) is 9.40 Å². The fraction of sp³-hybridized carbons (Fsp3) is 0.250. The minimum absolute atomic E-state index is 0.199. The molecule has 0 spiro atoms. The number of fused-ring (bicyclic) bond motifs is 4. The van der Waals surface area contributed by atoms with E-state index in [4.69, 9.17) is 23.2 Å². The molecule has 0 bridgehead atoms. The number of unbranched alkanes of at least 4 members (excludes halogenated alkanes) is 5.